The molecule has 1 aromatic heterocycles. The number of nitrogens with zero attached hydrogens (tertiary/aromatic N) is 1. The standard InChI is InChI=1S/C12H9BrF2N2/c13-8-4-5-12(16-6-8)17-7-9-10(14)2-1-3-11(9)15/h1-6H,7H2,(H,16,17). The van der Waals surface area contributed by atoms with E-state index in [-0.39, 0.29) is 12.1 Å². The average Bonchev–Trinajstić information content (AvgIpc) is 2.31. The Labute approximate surface area is 106 Å². The molecule has 0 atom stereocenters. The zero-order valence-corrected chi connectivity index (χ0v) is 10.3. The number of benzene rings is 1. The normalized spacial score (nSPS) is 10.3. The smallest absolute Gasteiger partial charge is 0.131 e. The molecule has 0 unspecified atom stereocenters. The molecule has 1 heterocycles. The molecule has 0 fully saturated rings. The van der Waals surface area contributed by atoms with Gasteiger partial charge in [-0.15, -0.1) is 0 Å². The van der Waals surface area contributed by atoms with Gasteiger partial charge >= 0.3 is 0 Å². The van der Waals surface area contributed by atoms with Crippen molar-refractivity contribution < 1.29 is 8.78 Å². The zero-order chi connectivity index (χ0) is 12.3. The number of rotatable bonds is 3. The topological polar surface area (TPSA) is 24.9 Å². The number of pyridine rings is 1. The summed E-state index contributed by atoms with van der Waals surface area (Å²) < 4.78 is 27.5. The Hall–Kier alpha value is -1.49. The molecule has 0 bridgehead atoms. The maximum Gasteiger partial charge on any atom is 0.131 e. The van der Waals surface area contributed by atoms with Crippen molar-refractivity contribution in [1.29, 1.82) is 0 Å². The molecular formula is C12H9BrF2N2. The van der Waals surface area contributed by atoms with Crippen LogP contribution in [-0.2, 0) is 6.54 Å². The monoisotopic (exact) mass is 298 g/mol. The van der Waals surface area contributed by atoms with Gasteiger partial charge in [-0.3, -0.25) is 0 Å². The summed E-state index contributed by atoms with van der Waals surface area (Å²) in [5, 5.41) is 2.86. The van der Waals surface area contributed by atoms with Crippen LogP contribution in [0, 0.1) is 11.6 Å². The van der Waals surface area contributed by atoms with Gasteiger partial charge in [-0.1, -0.05) is 6.07 Å². The first-order valence-electron chi connectivity index (χ1n) is 4.95. The van der Waals surface area contributed by atoms with Crippen LogP contribution in [0.15, 0.2) is 41.0 Å². The van der Waals surface area contributed by atoms with E-state index in [4.69, 9.17) is 0 Å². The highest BCUT2D eigenvalue weighted by Crippen LogP contribution is 2.15. The number of aromatic nitrogens is 1. The quantitative estimate of drug-likeness (QED) is 0.934. The molecule has 5 heteroatoms. The highest BCUT2D eigenvalue weighted by atomic mass is 79.9. The van der Waals surface area contributed by atoms with Gasteiger partial charge < -0.3 is 5.32 Å². The molecule has 1 N–H and O–H groups in total. The molecule has 0 saturated carbocycles. The van der Waals surface area contributed by atoms with Crippen LogP contribution in [0.3, 0.4) is 0 Å². The second-order valence-electron chi connectivity index (χ2n) is 3.42. The van der Waals surface area contributed by atoms with E-state index >= 15 is 0 Å². The van der Waals surface area contributed by atoms with Crippen LogP contribution in [0.1, 0.15) is 5.56 Å². The van der Waals surface area contributed by atoms with Crippen molar-refractivity contribution in [2.24, 2.45) is 0 Å². The first-order chi connectivity index (χ1) is 8.16. The van der Waals surface area contributed by atoms with Gasteiger partial charge in [0.2, 0.25) is 0 Å². The molecule has 0 aliphatic rings. The summed E-state index contributed by atoms with van der Waals surface area (Å²) >= 11 is 3.25. The Bertz CT molecular complexity index is 494. The van der Waals surface area contributed by atoms with Crippen molar-refractivity contribution in [3.63, 3.8) is 0 Å². The molecule has 0 aliphatic carbocycles. The maximum atomic E-state index is 13.3. The first-order valence-corrected chi connectivity index (χ1v) is 5.74. The van der Waals surface area contributed by atoms with Crippen molar-refractivity contribution in [2.75, 3.05) is 5.32 Å². The van der Waals surface area contributed by atoms with E-state index < -0.39 is 11.6 Å². The van der Waals surface area contributed by atoms with Crippen LogP contribution in [0.25, 0.3) is 0 Å². The number of halogens is 3. The van der Waals surface area contributed by atoms with Crippen LogP contribution >= 0.6 is 15.9 Å². The van der Waals surface area contributed by atoms with Crippen molar-refractivity contribution in [3.05, 3.63) is 58.2 Å². The van der Waals surface area contributed by atoms with Crippen LogP contribution in [0.4, 0.5) is 14.6 Å². The van der Waals surface area contributed by atoms with E-state index in [1.807, 2.05) is 0 Å². The minimum Gasteiger partial charge on any atom is -0.366 e. The second kappa shape index (κ2) is 5.23. The molecule has 88 valence electrons. The third kappa shape index (κ3) is 3.00. The zero-order valence-electron chi connectivity index (χ0n) is 8.75. The summed E-state index contributed by atoms with van der Waals surface area (Å²) in [6.45, 7) is 0.0626. The lowest BCUT2D eigenvalue weighted by Crippen LogP contribution is -2.05. The lowest BCUT2D eigenvalue weighted by Gasteiger charge is -2.07. The maximum absolute atomic E-state index is 13.3. The number of nitrogens with one attached hydrogen (secondary N) is 1. The molecule has 17 heavy (non-hydrogen) atoms. The van der Waals surface area contributed by atoms with E-state index in [9.17, 15) is 8.78 Å². The Kier molecular flexibility index (Phi) is 3.68. The average molecular weight is 299 g/mol. The third-order valence-electron chi connectivity index (χ3n) is 2.24. The largest absolute Gasteiger partial charge is 0.366 e. The third-order valence-corrected chi connectivity index (χ3v) is 2.70. The fourth-order valence-electron chi connectivity index (χ4n) is 1.36. The van der Waals surface area contributed by atoms with Crippen LogP contribution < -0.4 is 5.32 Å². The molecule has 0 spiro atoms. The predicted molar refractivity (Wildman–Crippen MR) is 65.6 cm³/mol. The van der Waals surface area contributed by atoms with Crippen molar-refractivity contribution in [3.8, 4) is 0 Å². The first kappa shape index (κ1) is 12.0. The molecule has 2 rings (SSSR count). The predicted octanol–water partition coefficient (Wildman–Crippen LogP) is 3.73. The fourth-order valence-corrected chi connectivity index (χ4v) is 1.60. The highest BCUT2D eigenvalue weighted by Gasteiger charge is 2.07. The van der Waals surface area contributed by atoms with Gasteiger partial charge in [0.05, 0.1) is 0 Å². The van der Waals surface area contributed by atoms with Crippen LogP contribution in [-0.4, -0.2) is 4.98 Å². The van der Waals surface area contributed by atoms with Crippen molar-refractivity contribution in [1.82, 2.24) is 4.98 Å². The molecular weight excluding hydrogens is 290 g/mol. The summed E-state index contributed by atoms with van der Waals surface area (Å²) in [5.74, 6) is -0.555. The van der Waals surface area contributed by atoms with Crippen LogP contribution in [0.2, 0.25) is 0 Å². The van der Waals surface area contributed by atoms with Crippen molar-refractivity contribution in [2.45, 2.75) is 6.54 Å². The summed E-state index contributed by atoms with van der Waals surface area (Å²) in [5.41, 5.74) is 0.0113. The number of hydrogen-bond donors (Lipinski definition) is 1. The van der Waals surface area contributed by atoms with Gasteiger partial charge in [0.15, 0.2) is 0 Å². The van der Waals surface area contributed by atoms with Crippen molar-refractivity contribution >= 4 is 21.7 Å². The van der Waals surface area contributed by atoms with Crippen LogP contribution in [0.5, 0.6) is 0 Å². The molecule has 2 nitrogen and oxygen atoms in total. The van der Waals surface area contributed by atoms with E-state index in [0.29, 0.717) is 5.82 Å². The van der Waals surface area contributed by atoms with E-state index in [2.05, 4.69) is 26.2 Å². The number of anilines is 1. The molecule has 0 amide bonds. The van der Waals surface area contributed by atoms with E-state index in [0.717, 1.165) is 4.47 Å². The van der Waals surface area contributed by atoms with Gasteiger partial charge in [-0.25, -0.2) is 13.8 Å². The molecule has 2 aromatic rings. The molecule has 1 aromatic carbocycles. The molecule has 0 aliphatic heterocycles. The summed E-state index contributed by atoms with van der Waals surface area (Å²) in [4.78, 5) is 4.05. The van der Waals surface area contributed by atoms with Gasteiger partial charge in [0, 0.05) is 22.8 Å². The molecule has 0 radical (unpaired) electrons. The summed E-state index contributed by atoms with van der Waals surface area (Å²) in [7, 11) is 0. The second-order valence-corrected chi connectivity index (χ2v) is 4.33. The Balaban J connectivity index is 2.10. The Morgan fingerprint density at radius 1 is 1.12 bits per heavy atom. The minimum absolute atomic E-state index is 0.0113. The highest BCUT2D eigenvalue weighted by molar-refractivity contribution is 9.10. The summed E-state index contributed by atoms with van der Waals surface area (Å²) in [6, 6.07) is 7.33. The van der Waals surface area contributed by atoms with E-state index in [1.165, 1.54) is 18.2 Å². The van der Waals surface area contributed by atoms with Gasteiger partial charge in [-0.05, 0) is 40.2 Å². The lowest BCUT2D eigenvalue weighted by molar-refractivity contribution is 0.560. The number of hydrogen-bond acceptors (Lipinski definition) is 2. The Morgan fingerprint density at radius 3 is 2.41 bits per heavy atom. The SMILES string of the molecule is Fc1cccc(F)c1CNc1ccc(Br)cn1. The van der Waals surface area contributed by atoms with Gasteiger partial charge in [0.25, 0.3) is 0 Å². The Morgan fingerprint density at radius 2 is 1.82 bits per heavy atom. The minimum atomic E-state index is -0.561. The fraction of sp³-hybridized carbons (Fsp3) is 0.0833. The van der Waals surface area contributed by atoms with E-state index in [1.54, 1.807) is 18.3 Å². The summed E-state index contributed by atoms with van der Waals surface area (Å²) in [6.07, 6.45) is 1.61. The van der Waals surface area contributed by atoms with Gasteiger partial charge in [0.1, 0.15) is 17.5 Å². The lowest BCUT2D eigenvalue weighted by atomic mass is 10.2. The van der Waals surface area contributed by atoms with Gasteiger partial charge in [-0.2, -0.15) is 0 Å². The molecule has 0 saturated heterocycles.